The fourth-order valence-corrected chi connectivity index (χ4v) is 1.76. The van der Waals surface area contributed by atoms with Crippen LogP contribution in [0.5, 0.6) is 0 Å². The molecule has 0 aliphatic carbocycles. The summed E-state index contributed by atoms with van der Waals surface area (Å²) in [6.07, 6.45) is 4.28. The van der Waals surface area contributed by atoms with E-state index in [0.717, 1.165) is 45.8 Å². The molecule has 3 heteroatoms. The Kier molecular flexibility index (Phi) is 6.64. The third-order valence-electron chi connectivity index (χ3n) is 2.83. The second-order valence-electron chi connectivity index (χ2n) is 4.18. The highest BCUT2D eigenvalue weighted by atomic mass is 16.5. The number of allylic oxidation sites excluding steroid dienone is 1. The molecule has 1 rings (SSSR count). The van der Waals surface area contributed by atoms with Gasteiger partial charge in [0.25, 0.3) is 0 Å². The van der Waals surface area contributed by atoms with Crippen molar-refractivity contribution in [3.63, 3.8) is 0 Å². The van der Waals surface area contributed by atoms with Crippen LogP contribution in [0.1, 0.15) is 19.8 Å². The smallest absolute Gasteiger partial charge is 0.0594 e. The van der Waals surface area contributed by atoms with Crippen LogP contribution in [0.2, 0.25) is 0 Å². The number of nitrogens with zero attached hydrogens (tertiary/aromatic N) is 1. The minimum absolute atomic E-state index is 0.601. The van der Waals surface area contributed by atoms with Crippen LogP contribution in [0.3, 0.4) is 0 Å². The second-order valence-corrected chi connectivity index (χ2v) is 4.18. The van der Waals surface area contributed by atoms with Crippen molar-refractivity contribution in [2.75, 3.05) is 39.4 Å². The SMILES string of the molecule is C=CCCC(C)NCCN1CCOCC1. The first kappa shape index (κ1) is 12.7. The van der Waals surface area contributed by atoms with Crippen molar-refractivity contribution in [2.45, 2.75) is 25.8 Å². The van der Waals surface area contributed by atoms with Gasteiger partial charge in [-0.3, -0.25) is 4.90 Å². The number of morpholine rings is 1. The van der Waals surface area contributed by atoms with Crippen molar-refractivity contribution in [3.8, 4) is 0 Å². The molecule has 3 nitrogen and oxygen atoms in total. The number of ether oxygens (including phenoxy) is 1. The first-order chi connectivity index (χ1) is 7.33. The van der Waals surface area contributed by atoms with E-state index in [2.05, 4.69) is 23.7 Å². The van der Waals surface area contributed by atoms with E-state index in [0.29, 0.717) is 6.04 Å². The van der Waals surface area contributed by atoms with Crippen LogP contribution in [0.25, 0.3) is 0 Å². The predicted octanol–water partition coefficient (Wildman–Crippen LogP) is 1.26. The number of rotatable bonds is 7. The predicted molar refractivity (Wildman–Crippen MR) is 64.2 cm³/mol. The topological polar surface area (TPSA) is 24.5 Å². The summed E-state index contributed by atoms with van der Waals surface area (Å²) in [5, 5.41) is 3.53. The monoisotopic (exact) mass is 212 g/mol. The average molecular weight is 212 g/mol. The maximum Gasteiger partial charge on any atom is 0.0594 e. The van der Waals surface area contributed by atoms with E-state index in [1.165, 1.54) is 6.42 Å². The first-order valence-corrected chi connectivity index (χ1v) is 5.97. The lowest BCUT2D eigenvalue weighted by molar-refractivity contribution is 0.0381. The van der Waals surface area contributed by atoms with Crippen molar-refractivity contribution >= 4 is 0 Å². The fraction of sp³-hybridized carbons (Fsp3) is 0.833. The molecule has 1 heterocycles. The molecule has 1 aliphatic heterocycles. The maximum absolute atomic E-state index is 5.31. The molecule has 1 fully saturated rings. The lowest BCUT2D eigenvalue weighted by Crippen LogP contribution is -2.41. The lowest BCUT2D eigenvalue weighted by atomic mass is 10.2. The molecule has 0 saturated carbocycles. The summed E-state index contributed by atoms with van der Waals surface area (Å²) in [5.41, 5.74) is 0. The Morgan fingerprint density at radius 1 is 1.47 bits per heavy atom. The van der Waals surface area contributed by atoms with E-state index >= 15 is 0 Å². The summed E-state index contributed by atoms with van der Waals surface area (Å²) in [6, 6.07) is 0.601. The summed E-state index contributed by atoms with van der Waals surface area (Å²) in [6.45, 7) is 12.2. The molecule has 15 heavy (non-hydrogen) atoms. The number of hydrogen-bond acceptors (Lipinski definition) is 3. The molecule has 1 unspecified atom stereocenters. The van der Waals surface area contributed by atoms with E-state index in [1.807, 2.05) is 6.08 Å². The van der Waals surface area contributed by atoms with Crippen LogP contribution < -0.4 is 5.32 Å². The Bertz CT molecular complexity index is 167. The zero-order chi connectivity index (χ0) is 10.9. The summed E-state index contributed by atoms with van der Waals surface area (Å²) in [5.74, 6) is 0. The van der Waals surface area contributed by atoms with Gasteiger partial charge in [0.2, 0.25) is 0 Å². The van der Waals surface area contributed by atoms with Crippen LogP contribution in [0.4, 0.5) is 0 Å². The summed E-state index contributed by atoms with van der Waals surface area (Å²) in [7, 11) is 0. The highest BCUT2D eigenvalue weighted by Gasteiger charge is 2.09. The largest absolute Gasteiger partial charge is 0.379 e. The van der Waals surface area contributed by atoms with Gasteiger partial charge >= 0.3 is 0 Å². The number of nitrogens with one attached hydrogen (secondary N) is 1. The van der Waals surface area contributed by atoms with Crippen molar-refractivity contribution in [1.82, 2.24) is 10.2 Å². The molecular formula is C12H24N2O. The summed E-state index contributed by atoms with van der Waals surface area (Å²) < 4.78 is 5.31. The van der Waals surface area contributed by atoms with Crippen LogP contribution in [0.15, 0.2) is 12.7 Å². The molecule has 0 aromatic carbocycles. The number of hydrogen-bond donors (Lipinski definition) is 1. The minimum Gasteiger partial charge on any atom is -0.379 e. The normalized spacial score (nSPS) is 20.1. The van der Waals surface area contributed by atoms with Gasteiger partial charge in [-0.1, -0.05) is 6.08 Å². The van der Waals surface area contributed by atoms with E-state index in [4.69, 9.17) is 4.74 Å². The molecule has 1 N–H and O–H groups in total. The molecule has 88 valence electrons. The zero-order valence-corrected chi connectivity index (χ0v) is 9.87. The van der Waals surface area contributed by atoms with Crippen molar-refractivity contribution in [1.29, 1.82) is 0 Å². The molecule has 0 bridgehead atoms. The second kappa shape index (κ2) is 7.85. The van der Waals surface area contributed by atoms with Gasteiger partial charge in [-0.2, -0.15) is 0 Å². The Morgan fingerprint density at radius 2 is 2.20 bits per heavy atom. The Morgan fingerprint density at radius 3 is 2.87 bits per heavy atom. The quantitative estimate of drug-likeness (QED) is 0.643. The van der Waals surface area contributed by atoms with Gasteiger partial charge in [-0.25, -0.2) is 0 Å². The van der Waals surface area contributed by atoms with Gasteiger partial charge in [0.1, 0.15) is 0 Å². The molecular weight excluding hydrogens is 188 g/mol. The molecule has 0 aromatic heterocycles. The van der Waals surface area contributed by atoms with Gasteiger partial charge in [-0.05, 0) is 19.8 Å². The molecule has 0 spiro atoms. The van der Waals surface area contributed by atoms with E-state index in [9.17, 15) is 0 Å². The molecule has 0 aromatic rings. The van der Waals surface area contributed by atoms with E-state index in [-0.39, 0.29) is 0 Å². The van der Waals surface area contributed by atoms with Crippen molar-refractivity contribution in [2.24, 2.45) is 0 Å². The van der Waals surface area contributed by atoms with Crippen LogP contribution in [0, 0.1) is 0 Å². The third kappa shape index (κ3) is 5.92. The molecule has 0 radical (unpaired) electrons. The first-order valence-electron chi connectivity index (χ1n) is 5.97. The van der Waals surface area contributed by atoms with E-state index in [1.54, 1.807) is 0 Å². The molecule has 0 amide bonds. The third-order valence-corrected chi connectivity index (χ3v) is 2.83. The van der Waals surface area contributed by atoms with E-state index < -0.39 is 0 Å². The summed E-state index contributed by atoms with van der Waals surface area (Å²) >= 11 is 0. The summed E-state index contributed by atoms with van der Waals surface area (Å²) in [4.78, 5) is 2.46. The standard InChI is InChI=1S/C12H24N2O/c1-3-4-5-12(2)13-6-7-14-8-10-15-11-9-14/h3,12-13H,1,4-11H2,2H3. The van der Waals surface area contributed by atoms with Gasteiger partial charge in [0.05, 0.1) is 13.2 Å². The van der Waals surface area contributed by atoms with Gasteiger partial charge in [0.15, 0.2) is 0 Å². The van der Waals surface area contributed by atoms with Gasteiger partial charge < -0.3 is 10.1 Å². The van der Waals surface area contributed by atoms with Gasteiger partial charge in [-0.15, -0.1) is 6.58 Å². The molecule has 1 atom stereocenters. The molecule has 1 saturated heterocycles. The Hall–Kier alpha value is -0.380. The van der Waals surface area contributed by atoms with Gasteiger partial charge in [0, 0.05) is 32.2 Å². The minimum atomic E-state index is 0.601. The maximum atomic E-state index is 5.31. The highest BCUT2D eigenvalue weighted by molar-refractivity contribution is 4.72. The van der Waals surface area contributed by atoms with Crippen LogP contribution in [-0.2, 0) is 4.74 Å². The average Bonchev–Trinajstić information content (AvgIpc) is 2.28. The van der Waals surface area contributed by atoms with Crippen LogP contribution in [-0.4, -0.2) is 50.3 Å². The fourth-order valence-electron chi connectivity index (χ4n) is 1.76. The van der Waals surface area contributed by atoms with Crippen molar-refractivity contribution < 1.29 is 4.74 Å². The Balaban J connectivity index is 1.96. The van der Waals surface area contributed by atoms with Crippen molar-refractivity contribution in [3.05, 3.63) is 12.7 Å². The highest BCUT2D eigenvalue weighted by Crippen LogP contribution is 1.98. The Labute approximate surface area is 93.5 Å². The zero-order valence-electron chi connectivity index (χ0n) is 9.87. The molecule has 1 aliphatic rings. The lowest BCUT2D eigenvalue weighted by Gasteiger charge is -2.27. The van der Waals surface area contributed by atoms with Crippen LogP contribution >= 0.6 is 0 Å².